The van der Waals surface area contributed by atoms with Crippen LogP contribution in [0.5, 0.6) is 5.75 Å². The highest BCUT2D eigenvalue weighted by Crippen LogP contribution is 2.60. The Morgan fingerprint density at radius 2 is 2.21 bits per heavy atom. The summed E-state index contributed by atoms with van der Waals surface area (Å²) in [5.41, 5.74) is 2.93. The lowest BCUT2D eigenvalue weighted by Crippen LogP contribution is -2.50. The molecule has 0 bridgehead atoms. The van der Waals surface area contributed by atoms with Crippen LogP contribution in [0.15, 0.2) is 18.2 Å². The molecule has 4 rings (SSSR count). The number of aliphatic hydroxyl groups excluding tert-OH is 1. The van der Waals surface area contributed by atoms with Gasteiger partial charge in [0.25, 0.3) is 0 Å². The summed E-state index contributed by atoms with van der Waals surface area (Å²) >= 11 is 0. The molecule has 2 N–H and O–H groups in total. The molecule has 0 aliphatic heterocycles. The smallest absolute Gasteiger partial charge is 0.207 e. The average molecular weight is 329 g/mol. The van der Waals surface area contributed by atoms with Gasteiger partial charge in [-0.1, -0.05) is 13.0 Å². The van der Waals surface area contributed by atoms with Crippen molar-refractivity contribution in [2.75, 3.05) is 7.11 Å². The van der Waals surface area contributed by atoms with Crippen molar-refractivity contribution in [1.82, 2.24) is 5.32 Å². The van der Waals surface area contributed by atoms with Gasteiger partial charge in [-0.15, -0.1) is 0 Å². The summed E-state index contributed by atoms with van der Waals surface area (Å²) in [6, 6.07) is 6.42. The molecule has 3 aliphatic carbocycles. The number of carbonyl (C=O) groups excluding carboxylic acids is 1. The Morgan fingerprint density at radius 3 is 2.96 bits per heavy atom. The first-order valence-corrected chi connectivity index (χ1v) is 9.13. The van der Waals surface area contributed by atoms with Crippen molar-refractivity contribution in [3.05, 3.63) is 29.3 Å². The maximum absolute atomic E-state index is 11.0. The van der Waals surface area contributed by atoms with Gasteiger partial charge in [0, 0.05) is 0 Å². The summed E-state index contributed by atoms with van der Waals surface area (Å²) in [5.74, 6) is 2.62. The molecule has 0 spiro atoms. The van der Waals surface area contributed by atoms with Crippen molar-refractivity contribution < 1.29 is 14.6 Å². The Balaban J connectivity index is 1.66. The maximum Gasteiger partial charge on any atom is 0.207 e. The predicted molar refractivity (Wildman–Crippen MR) is 92.0 cm³/mol. The monoisotopic (exact) mass is 329 g/mol. The normalized spacial score (nSPS) is 40.2. The lowest BCUT2D eigenvalue weighted by atomic mass is 9.55. The molecule has 130 valence electrons. The Bertz CT molecular complexity index is 646. The second kappa shape index (κ2) is 5.76. The van der Waals surface area contributed by atoms with E-state index in [1.54, 1.807) is 7.11 Å². The third kappa shape index (κ3) is 2.19. The lowest BCUT2D eigenvalue weighted by Gasteiger charge is -2.50. The van der Waals surface area contributed by atoms with E-state index >= 15 is 0 Å². The van der Waals surface area contributed by atoms with E-state index in [1.807, 2.05) is 0 Å². The van der Waals surface area contributed by atoms with Crippen LogP contribution in [0.2, 0.25) is 0 Å². The molecule has 4 heteroatoms. The first kappa shape index (κ1) is 15.9. The summed E-state index contributed by atoms with van der Waals surface area (Å²) < 4.78 is 5.38. The fourth-order valence-electron chi connectivity index (χ4n) is 6.07. The van der Waals surface area contributed by atoms with E-state index in [0.29, 0.717) is 17.8 Å². The Kier molecular flexibility index (Phi) is 3.83. The zero-order chi connectivity index (χ0) is 16.9. The molecular weight excluding hydrogens is 302 g/mol. The third-order valence-corrected chi connectivity index (χ3v) is 7.21. The van der Waals surface area contributed by atoms with Crippen LogP contribution in [0.25, 0.3) is 0 Å². The standard InChI is InChI=1S/C20H27NO3/c1-20-8-7-15-14-6-4-13(24-2)9-12(14)3-5-16(15)17(20)10-18(23)19(20)21-11-22/h4,6,9,11,15-19,23H,3,5,7-8,10H2,1-2H3,(H,21,22)/t15-,16-,17+,18+,19-,20+/m1/s1. The zero-order valence-electron chi connectivity index (χ0n) is 14.5. The Hall–Kier alpha value is -1.55. The second-order valence-corrected chi connectivity index (χ2v) is 8.09. The summed E-state index contributed by atoms with van der Waals surface area (Å²) in [6.07, 6.45) is 5.62. The van der Waals surface area contributed by atoms with Gasteiger partial charge in [-0.05, 0) is 78.5 Å². The van der Waals surface area contributed by atoms with Crippen molar-refractivity contribution in [2.24, 2.45) is 17.3 Å². The van der Waals surface area contributed by atoms with Gasteiger partial charge in [0.2, 0.25) is 6.41 Å². The highest BCUT2D eigenvalue weighted by molar-refractivity contribution is 5.48. The maximum atomic E-state index is 11.0. The van der Waals surface area contributed by atoms with E-state index in [2.05, 4.69) is 30.4 Å². The number of carbonyl (C=O) groups is 1. The number of nitrogens with one attached hydrogen (secondary N) is 1. The molecule has 4 nitrogen and oxygen atoms in total. The van der Waals surface area contributed by atoms with E-state index < -0.39 is 6.10 Å². The summed E-state index contributed by atoms with van der Waals surface area (Å²) in [5, 5.41) is 13.4. The van der Waals surface area contributed by atoms with E-state index in [1.165, 1.54) is 17.5 Å². The average Bonchev–Trinajstić information content (AvgIpc) is 2.85. The summed E-state index contributed by atoms with van der Waals surface area (Å²) in [6.45, 7) is 2.27. The van der Waals surface area contributed by atoms with Crippen LogP contribution in [0, 0.1) is 17.3 Å². The van der Waals surface area contributed by atoms with Gasteiger partial charge in [-0.25, -0.2) is 0 Å². The molecule has 3 aliphatic rings. The number of methoxy groups -OCH3 is 1. The molecule has 0 radical (unpaired) electrons. The Labute approximate surface area is 143 Å². The van der Waals surface area contributed by atoms with Crippen molar-refractivity contribution in [3.63, 3.8) is 0 Å². The zero-order valence-corrected chi connectivity index (χ0v) is 14.5. The molecule has 0 unspecified atom stereocenters. The van der Waals surface area contributed by atoms with Crippen molar-refractivity contribution >= 4 is 6.41 Å². The predicted octanol–water partition coefficient (Wildman–Crippen LogP) is 2.64. The van der Waals surface area contributed by atoms with Crippen LogP contribution in [-0.4, -0.2) is 30.8 Å². The molecule has 2 saturated carbocycles. The topological polar surface area (TPSA) is 58.6 Å². The molecule has 0 heterocycles. The minimum absolute atomic E-state index is 0.0193. The first-order valence-electron chi connectivity index (χ1n) is 9.13. The molecule has 1 aromatic rings. The number of fused-ring (bicyclic) bond motifs is 5. The van der Waals surface area contributed by atoms with E-state index in [4.69, 9.17) is 4.74 Å². The van der Waals surface area contributed by atoms with Crippen LogP contribution in [0.3, 0.4) is 0 Å². The quantitative estimate of drug-likeness (QED) is 0.838. The molecule has 24 heavy (non-hydrogen) atoms. The van der Waals surface area contributed by atoms with Crippen molar-refractivity contribution in [3.8, 4) is 5.75 Å². The molecule has 1 amide bonds. The number of amides is 1. The van der Waals surface area contributed by atoms with Gasteiger partial charge in [-0.3, -0.25) is 4.79 Å². The van der Waals surface area contributed by atoms with Crippen LogP contribution >= 0.6 is 0 Å². The van der Waals surface area contributed by atoms with Gasteiger partial charge >= 0.3 is 0 Å². The lowest BCUT2D eigenvalue weighted by molar-refractivity contribution is -0.112. The van der Waals surface area contributed by atoms with E-state index in [9.17, 15) is 9.90 Å². The van der Waals surface area contributed by atoms with Crippen LogP contribution in [0.1, 0.15) is 49.7 Å². The van der Waals surface area contributed by atoms with E-state index in [0.717, 1.165) is 37.8 Å². The first-order chi connectivity index (χ1) is 11.6. The summed E-state index contributed by atoms with van der Waals surface area (Å²) in [4.78, 5) is 11.0. The highest BCUT2D eigenvalue weighted by Gasteiger charge is 2.58. The van der Waals surface area contributed by atoms with Gasteiger partial charge in [-0.2, -0.15) is 0 Å². The van der Waals surface area contributed by atoms with E-state index in [-0.39, 0.29) is 11.5 Å². The second-order valence-electron chi connectivity index (χ2n) is 8.09. The SMILES string of the molecule is COc1ccc2c(c1)CC[C@@H]1[C@@H]2CC[C@]2(C)[C@H](NC=O)[C@@H](O)C[C@@H]12. The molecule has 0 aromatic heterocycles. The van der Waals surface area contributed by atoms with Crippen LogP contribution in [0.4, 0.5) is 0 Å². The van der Waals surface area contributed by atoms with Gasteiger partial charge < -0.3 is 15.2 Å². The number of hydrogen-bond donors (Lipinski definition) is 2. The van der Waals surface area contributed by atoms with Gasteiger partial charge in [0.05, 0.1) is 19.3 Å². The molecule has 1 aromatic carbocycles. The van der Waals surface area contributed by atoms with Gasteiger partial charge in [0.1, 0.15) is 5.75 Å². The van der Waals surface area contributed by atoms with Gasteiger partial charge in [0.15, 0.2) is 0 Å². The van der Waals surface area contributed by atoms with Crippen LogP contribution in [-0.2, 0) is 11.2 Å². The van der Waals surface area contributed by atoms with Crippen LogP contribution < -0.4 is 10.1 Å². The number of benzene rings is 1. The largest absolute Gasteiger partial charge is 0.497 e. The third-order valence-electron chi connectivity index (χ3n) is 7.21. The minimum atomic E-state index is -0.416. The Morgan fingerprint density at radius 1 is 1.38 bits per heavy atom. The number of ether oxygens (including phenoxy) is 1. The molecular formula is C20H27NO3. The summed E-state index contributed by atoms with van der Waals surface area (Å²) in [7, 11) is 1.72. The highest BCUT2D eigenvalue weighted by atomic mass is 16.5. The minimum Gasteiger partial charge on any atom is -0.497 e. The van der Waals surface area contributed by atoms with Crippen molar-refractivity contribution in [1.29, 1.82) is 0 Å². The molecule has 0 saturated heterocycles. The molecule has 2 fully saturated rings. The number of hydrogen-bond acceptors (Lipinski definition) is 3. The number of rotatable bonds is 3. The number of aliphatic hydroxyl groups is 1. The number of aryl methyl sites for hydroxylation is 1. The molecule has 6 atom stereocenters. The fourth-order valence-corrected chi connectivity index (χ4v) is 6.07. The fraction of sp³-hybridized carbons (Fsp3) is 0.650. The van der Waals surface area contributed by atoms with Crippen molar-refractivity contribution in [2.45, 2.75) is 57.1 Å².